The van der Waals surface area contributed by atoms with Crippen molar-refractivity contribution in [2.75, 3.05) is 0 Å². The van der Waals surface area contributed by atoms with E-state index in [1.54, 1.807) is 12.1 Å². The Bertz CT molecular complexity index is 1530. The lowest BCUT2D eigenvalue weighted by atomic mass is 9.86. The summed E-state index contributed by atoms with van der Waals surface area (Å²) in [5.74, 6) is -0.0973. The average molecular weight is 441 g/mol. The third-order valence-corrected chi connectivity index (χ3v) is 6.56. The first-order valence-electron chi connectivity index (χ1n) is 10.7. The van der Waals surface area contributed by atoms with Crippen LogP contribution in [0.25, 0.3) is 43.6 Å². The third kappa shape index (κ3) is 3.10. The van der Waals surface area contributed by atoms with Crippen molar-refractivity contribution in [2.24, 2.45) is 0 Å². The normalized spacial score (nSPS) is 13.1. The molecule has 0 bridgehead atoms. The molecule has 0 N–H and O–H groups in total. The van der Waals surface area contributed by atoms with E-state index in [1.807, 2.05) is 30.3 Å². The van der Waals surface area contributed by atoms with E-state index in [1.165, 1.54) is 40.1 Å². The van der Waals surface area contributed by atoms with E-state index in [9.17, 15) is 10.1 Å². The van der Waals surface area contributed by atoms with Gasteiger partial charge in [0.15, 0.2) is 5.69 Å². The van der Waals surface area contributed by atoms with Gasteiger partial charge in [-0.2, -0.15) is 0 Å². The highest BCUT2D eigenvalue weighted by atomic mass is 35.5. The second kappa shape index (κ2) is 7.88. The van der Waals surface area contributed by atoms with E-state index in [-0.39, 0.29) is 18.2 Å². The average Bonchev–Trinajstić information content (AvgIpc) is 2.82. The zero-order valence-electron chi connectivity index (χ0n) is 17.4. The molecule has 0 spiro atoms. The van der Waals surface area contributed by atoms with Gasteiger partial charge in [0.1, 0.15) is 0 Å². The van der Waals surface area contributed by atoms with Gasteiger partial charge in [-0.3, -0.25) is 0 Å². The monoisotopic (exact) mass is 440 g/mol. The molecule has 4 aromatic carbocycles. The van der Waals surface area contributed by atoms with E-state index < -0.39 is 4.92 Å². The molecule has 1 heterocycles. The fourth-order valence-corrected chi connectivity index (χ4v) is 5.11. The molecule has 0 aliphatic heterocycles. The number of aromatic nitrogens is 1. The summed E-state index contributed by atoms with van der Waals surface area (Å²) < 4.78 is 0. The Labute approximate surface area is 191 Å². The summed E-state index contributed by atoms with van der Waals surface area (Å²) in [5, 5.41) is 17.9. The highest BCUT2D eigenvalue weighted by Gasteiger charge is 2.20. The maximum absolute atomic E-state index is 11.7. The molecule has 32 heavy (non-hydrogen) atoms. The number of aryl methyl sites for hydroxylation is 2. The summed E-state index contributed by atoms with van der Waals surface area (Å²) in [6.07, 6.45) is 4.81. The number of hydrogen-bond donors (Lipinski definition) is 0. The van der Waals surface area contributed by atoms with Crippen molar-refractivity contribution in [3.8, 4) is 11.3 Å². The zero-order chi connectivity index (χ0) is 20.9. The van der Waals surface area contributed by atoms with Crippen molar-refractivity contribution < 1.29 is 4.92 Å². The zero-order valence-corrected chi connectivity index (χ0v) is 18.2. The summed E-state index contributed by atoms with van der Waals surface area (Å²) in [6.45, 7) is 0. The number of halogens is 1. The SMILES string of the molecule is Cl.O=[N+]([O-])c1nc(-c2cccc3c2ccc2c4c(ccc23)CCCC4)cc2ccccc12. The van der Waals surface area contributed by atoms with Crippen molar-refractivity contribution in [3.63, 3.8) is 0 Å². The molecule has 1 aliphatic carbocycles. The fourth-order valence-electron chi connectivity index (χ4n) is 5.11. The van der Waals surface area contributed by atoms with Gasteiger partial charge < -0.3 is 10.1 Å². The van der Waals surface area contributed by atoms with Crippen LogP contribution in [0, 0.1) is 10.1 Å². The quantitative estimate of drug-likeness (QED) is 0.163. The lowest BCUT2D eigenvalue weighted by Crippen LogP contribution is -2.03. The van der Waals surface area contributed by atoms with Gasteiger partial charge in [-0.15, -0.1) is 12.4 Å². The van der Waals surface area contributed by atoms with Crippen LogP contribution in [0.2, 0.25) is 0 Å². The van der Waals surface area contributed by atoms with Gasteiger partial charge in [0.25, 0.3) is 0 Å². The molecule has 6 rings (SSSR count). The molecule has 5 aromatic rings. The molecule has 0 saturated carbocycles. The molecule has 4 nitrogen and oxygen atoms in total. The van der Waals surface area contributed by atoms with Crippen LogP contribution in [0.3, 0.4) is 0 Å². The van der Waals surface area contributed by atoms with E-state index in [4.69, 9.17) is 0 Å². The molecule has 0 saturated heterocycles. The molecule has 5 heteroatoms. The molecule has 0 radical (unpaired) electrons. The van der Waals surface area contributed by atoms with Crippen molar-refractivity contribution in [1.82, 2.24) is 4.98 Å². The minimum Gasteiger partial charge on any atom is -0.358 e. The number of benzene rings is 4. The highest BCUT2D eigenvalue weighted by molar-refractivity contribution is 6.13. The van der Waals surface area contributed by atoms with Gasteiger partial charge in [0, 0.05) is 5.56 Å². The lowest BCUT2D eigenvalue weighted by molar-refractivity contribution is -0.387. The van der Waals surface area contributed by atoms with Crippen molar-refractivity contribution >= 4 is 50.5 Å². The second-order valence-corrected chi connectivity index (χ2v) is 8.28. The van der Waals surface area contributed by atoms with E-state index >= 15 is 0 Å². The first kappa shape index (κ1) is 20.4. The van der Waals surface area contributed by atoms with Gasteiger partial charge in [-0.25, -0.2) is 0 Å². The van der Waals surface area contributed by atoms with E-state index in [0.29, 0.717) is 11.1 Å². The predicted octanol–water partition coefficient (Wildman–Crippen LogP) is 7.42. The van der Waals surface area contributed by atoms with Crippen molar-refractivity contribution in [2.45, 2.75) is 25.7 Å². The van der Waals surface area contributed by atoms with Gasteiger partial charge in [-0.1, -0.05) is 54.6 Å². The maximum Gasteiger partial charge on any atom is 0.371 e. The van der Waals surface area contributed by atoms with Crippen molar-refractivity contribution in [1.29, 1.82) is 0 Å². The molecule has 1 aliphatic rings. The number of nitrogens with zero attached hydrogens (tertiary/aromatic N) is 2. The molecule has 0 fully saturated rings. The van der Waals surface area contributed by atoms with Crippen LogP contribution in [-0.4, -0.2) is 9.91 Å². The Kier molecular flexibility index (Phi) is 5.03. The Morgan fingerprint density at radius 2 is 1.47 bits per heavy atom. The van der Waals surface area contributed by atoms with Crippen LogP contribution in [0.1, 0.15) is 24.0 Å². The fraction of sp³-hybridized carbons (Fsp3) is 0.148. The topological polar surface area (TPSA) is 56.0 Å². The number of pyridine rings is 1. The summed E-state index contributed by atoms with van der Waals surface area (Å²) in [5.41, 5.74) is 4.51. The van der Waals surface area contributed by atoms with E-state index in [0.717, 1.165) is 29.2 Å². The summed E-state index contributed by atoms with van der Waals surface area (Å²) in [4.78, 5) is 15.8. The summed E-state index contributed by atoms with van der Waals surface area (Å²) in [6, 6.07) is 24.4. The number of rotatable bonds is 2. The minimum atomic E-state index is -0.390. The minimum absolute atomic E-state index is 0. The number of nitro groups is 1. The maximum atomic E-state index is 11.7. The largest absolute Gasteiger partial charge is 0.371 e. The molecule has 0 unspecified atom stereocenters. The molecular formula is C27H21ClN2O2. The highest BCUT2D eigenvalue weighted by Crippen LogP contribution is 2.38. The predicted molar refractivity (Wildman–Crippen MR) is 133 cm³/mol. The Morgan fingerprint density at radius 3 is 2.34 bits per heavy atom. The Hall–Kier alpha value is -3.50. The van der Waals surface area contributed by atoms with Gasteiger partial charge in [0.2, 0.25) is 0 Å². The van der Waals surface area contributed by atoms with Crippen molar-refractivity contribution in [3.05, 3.63) is 94.0 Å². The van der Waals surface area contributed by atoms with Gasteiger partial charge >= 0.3 is 5.82 Å². The first-order chi connectivity index (χ1) is 15.2. The Morgan fingerprint density at radius 1 is 0.750 bits per heavy atom. The van der Waals surface area contributed by atoms with Gasteiger partial charge in [-0.05, 0) is 91.8 Å². The molecule has 1 aromatic heterocycles. The smallest absolute Gasteiger partial charge is 0.358 e. The number of hydrogen-bond acceptors (Lipinski definition) is 3. The third-order valence-electron chi connectivity index (χ3n) is 6.56. The Balaban J connectivity index is 0.00000216. The second-order valence-electron chi connectivity index (χ2n) is 8.28. The van der Waals surface area contributed by atoms with Crippen LogP contribution in [0.15, 0.2) is 72.8 Å². The summed E-state index contributed by atoms with van der Waals surface area (Å²) in [7, 11) is 0. The number of fused-ring (bicyclic) bond motifs is 6. The summed E-state index contributed by atoms with van der Waals surface area (Å²) >= 11 is 0. The van der Waals surface area contributed by atoms with Crippen LogP contribution < -0.4 is 0 Å². The lowest BCUT2D eigenvalue weighted by Gasteiger charge is -2.19. The first-order valence-corrected chi connectivity index (χ1v) is 10.7. The standard InChI is InChI=1S/C27H20N2O2.ClH/c30-29(31)27-20-9-4-2-7-18(20)16-26(28-27)25-11-5-10-21-23-13-12-17-6-1-3-8-19(17)22(23)14-15-24(21)25;/h2,4-5,7,9-16H,1,3,6,8H2;1H. The van der Waals surface area contributed by atoms with Crippen LogP contribution >= 0.6 is 12.4 Å². The molecule has 158 valence electrons. The van der Waals surface area contributed by atoms with Crippen LogP contribution in [0.4, 0.5) is 5.82 Å². The van der Waals surface area contributed by atoms with E-state index in [2.05, 4.69) is 35.3 Å². The van der Waals surface area contributed by atoms with Crippen LogP contribution in [0.5, 0.6) is 0 Å². The molecule has 0 atom stereocenters. The van der Waals surface area contributed by atoms with Gasteiger partial charge in [0.05, 0.1) is 5.39 Å². The molecule has 0 amide bonds. The van der Waals surface area contributed by atoms with Crippen LogP contribution in [-0.2, 0) is 12.8 Å². The molecular weight excluding hydrogens is 420 g/mol.